The van der Waals surface area contributed by atoms with Crippen LogP contribution in [0.25, 0.3) is 10.9 Å². The van der Waals surface area contributed by atoms with Gasteiger partial charge in [-0.3, -0.25) is 14.9 Å². The van der Waals surface area contributed by atoms with E-state index in [1.807, 2.05) is 43.3 Å². The van der Waals surface area contributed by atoms with Crippen molar-refractivity contribution in [3.63, 3.8) is 0 Å². The van der Waals surface area contributed by atoms with Crippen molar-refractivity contribution < 1.29 is 32.3 Å². The first-order valence-corrected chi connectivity index (χ1v) is 13.1. The van der Waals surface area contributed by atoms with Crippen LogP contribution in [0.15, 0.2) is 60.8 Å². The molecule has 12 heteroatoms. The molecule has 0 aliphatic heterocycles. The number of halogens is 5. The summed E-state index contributed by atoms with van der Waals surface area (Å²) >= 11 is 5.79. The number of aromatic nitrogens is 1. The molecule has 1 heterocycles. The lowest BCUT2D eigenvalue weighted by Gasteiger charge is -2.16. The SMILES string of the molecule is CC(C)(F)F.CNc1cc(F)c(F)cc1CN[C@@H](Cc1c[nH]c2ccccc12)C(=O)O.Cc1cccc(Cl)c1NC=O. The highest BCUT2D eigenvalue weighted by Crippen LogP contribution is 2.24. The van der Waals surface area contributed by atoms with Gasteiger partial charge in [0.15, 0.2) is 11.6 Å². The first-order chi connectivity index (χ1) is 19.7. The Bertz CT molecular complexity index is 1470. The van der Waals surface area contributed by atoms with Crippen molar-refractivity contribution in [1.29, 1.82) is 0 Å². The van der Waals surface area contributed by atoms with Crippen LogP contribution in [0.1, 0.15) is 30.5 Å². The second-order valence-electron chi connectivity index (χ2n) is 9.53. The summed E-state index contributed by atoms with van der Waals surface area (Å²) in [4.78, 5) is 24.9. The van der Waals surface area contributed by atoms with Crippen molar-refractivity contribution in [3.8, 4) is 0 Å². The number of carboxylic acid groups (broad SMARTS) is 1. The van der Waals surface area contributed by atoms with Crippen LogP contribution in [0.2, 0.25) is 5.02 Å². The third kappa shape index (κ3) is 10.7. The molecule has 0 bridgehead atoms. The summed E-state index contributed by atoms with van der Waals surface area (Å²) in [6.07, 6.45) is 2.67. The number of anilines is 2. The Morgan fingerprint density at radius 1 is 1.07 bits per heavy atom. The van der Waals surface area contributed by atoms with Crippen LogP contribution < -0.4 is 16.0 Å². The van der Waals surface area contributed by atoms with Gasteiger partial charge in [0.1, 0.15) is 6.04 Å². The Kier molecular flexibility index (Phi) is 12.8. The summed E-state index contributed by atoms with van der Waals surface area (Å²) in [6.45, 7) is 3.68. The number of H-pyrrole nitrogens is 1. The maximum atomic E-state index is 13.5. The zero-order valence-corrected chi connectivity index (χ0v) is 24.3. The molecule has 0 radical (unpaired) electrons. The number of hydrogen-bond donors (Lipinski definition) is 5. The highest BCUT2D eigenvalue weighted by molar-refractivity contribution is 6.33. The van der Waals surface area contributed by atoms with E-state index in [0.29, 0.717) is 28.4 Å². The van der Waals surface area contributed by atoms with E-state index in [0.717, 1.165) is 48.0 Å². The quantitative estimate of drug-likeness (QED) is 0.102. The van der Waals surface area contributed by atoms with Crippen molar-refractivity contribution in [1.82, 2.24) is 10.3 Å². The van der Waals surface area contributed by atoms with Crippen LogP contribution in [0, 0.1) is 18.6 Å². The number of carboxylic acids is 1. The molecule has 7 nitrogen and oxygen atoms in total. The Labute approximate surface area is 246 Å². The first kappa shape index (κ1) is 34.1. The van der Waals surface area contributed by atoms with E-state index in [1.165, 1.54) is 0 Å². The molecular weight excluding hydrogens is 576 g/mol. The summed E-state index contributed by atoms with van der Waals surface area (Å²) in [7, 11) is 1.59. The first-order valence-electron chi connectivity index (χ1n) is 12.7. The molecule has 5 N–H and O–H groups in total. The number of rotatable bonds is 9. The minimum atomic E-state index is -2.50. The molecule has 0 aliphatic carbocycles. The van der Waals surface area contributed by atoms with Crippen molar-refractivity contribution in [3.05, 3.63) is 94.1 Å². The fraction of sp³-hybridized carbons (Fsp3) is 0.267. The number of benzene rings is 3. The van der Waals surface area contributed by atoms with E-state index in [-0.39, 0.29) is 13.0 Å². The number of para-hydroxylation sites is 2. The molecule has 0 saturated carbocycles. The fourth-order valence-corrected chi connectivity index (χ4v) is 4.12. The third-order valence-electron chi connectivity index (χ3n) is 5.78. The maximum absolute atomic E-state index is 13.5. The van der Waals surface area contributed by atoms with Crippen LogP contribution in [0.3, 0.4) is 0 Å². The van der Waals surface area contributed by atoms with Crippen LogP contribution in [0.5, 0.6) is 0 Å². The summed E-state index contributed by atoms with van der Waals surface area (Å²) < 4.78 is 48.9. The van der Waals surface area contributed by atoms with E-state index in [1.54, 1.807) is 19.3 Å². The molecule has 0 spiro atoms. The molecule has 42 heavy (non-hydrogen) atoms. The molecule has 3 aromatic carbocycles. The average molecular weight is 609 g/mol. The Morgan fingerprint density at radius 2 is 1.71 bits per heavy atom. The topological polar surface area (TPSA) is 106 Å². The van der Waals surface area contributed by atoms with Crippen molar-refractivity contribution in [2.45, 2.75) is 45.7 Å². The fourth-order valence-electron chi connectivity index (χ4n) is 3.84. The second kappa shape index (κ2) is 15.8. The Morgan fingerprint density at radius 3 is 2.31 bits per heavy atom. The molecule has 1 atom stereocenters. The Balaban J connectivity index is 0.000000317. The molecule has 1 aromatic heterocycles. The van der Waals surface area contributed by atoms with Gasteiger partial charge in [0.2, 0.25) is 12.3 Å². The number of hydrogen-bond acceptors (Lipinski definition) is 4. The van der Waals surface area contributed by atoms with Gasteiger partial charge in [-0.1, -0.05) is 41.9 Å². The summed E-state index contributed by atoms with van der Waals surface area (Å²) in [5, 5.41) is 19.3. The van der Waals surface area contributed by atoms with Crippen LogP contribution in [-0.4, -0.2) is 41.5 Å². The van der Waals surface area contributed by atoms with Crippen molar-refractivity contribution in [2.24, 2.45) is 0 Å². The highest BCUT2D eigenvalue weighted by Gasteiger charge is 2.20. The number of carbonyl (C=O) groups is 2. The van der Waals surface area contributed by atoms with Crippen molar-refractivity contribution in [2.75, 3.05) is 17.7 Å². The molecule has 0 fully saturated rings. The largest absolute Gasteiger partial charge is 0.480 e. The summed E-state index contributed by atoms with van der Waals surface area (Å²) in [6, 6.07) is 14.4. The number of aliphatic carboxylic acids is 1. The van der Waals surface area contributed by atoms with Gasteiger partial charge in [0, 0.05) is 48.9 Å². The summed E-state index contributed by atoms with van der Waals surface area (Å²) in [5.74, 6) is -5.43. The van der Waals surface area contributed by atoms with Gasteiger partial charge in [0.25, 0.3) is 0 Å². The van der Waals surface area contributed by atoms with E-state index in [4.69, 9.17) is 11.6 Å². The predicted octanol–water partition coefficient (Wildman–Crippen LogP) is 7.15. The van der Waals surface area contributed by atoms with Gasteiger partial charge < -0.3 is 20.7 Å². The molecular formula is C30H33ClF4N4O3. The minimum Gasteiger partial charge on any atom is -0.480 e. The van der Waals surface area contributed by atoms with Gasteiger partial charge in [-0.2, -0.15) is 0 Å². The molecule has 0 unspecified atom stereocenters. The number of amides is 1. The highest BCUT2D eigenvalue weighted by atomic mass is 35.5. The molecule has 4 rings (SSSR count). The predicted molar refractivity (Wildman–Crippen MR) is 158 cm³/mol. The van der Waals surface area contributed by atoms with Gasteiger partial charge >= 0.3 is 5.97 Å². The lowest BCUT2D eigenvalue weighted by atomic mass is 10.0. The number of aryl methyl sites for hydroxylation is 1. The minimum absolute atomic E-state index is 0.0900. The normalized spacial score (nSPS) is 11.5. The summed E-state index contributed by atoms with van der Waals surface area (Å²) in [5.41, 5.74) is 4.32. The monoisotopic (exact) mass is 608 g/mol. The van der Waals surface area contributed by atoms with E-state index in [9.17, 15) is 32.3 Å². The maximum Gasteiger partial charge on any atom is 0.321 e. The molecule has 4 aromatic rings. The zero-order valence-electron chi connectivity index (χ0n) is 23.5. The second-order valence-corrected chi connectivity index (χ2v) is 9.94. The smallest absolute Gasteiger partial charge is 0.321 e. The van der Waals surface area contributed by atoms with E-state index in [2.05, 4.69) is 20.9 Å². The van der Waals surface area contributed by atoms with Gasteiger partial charge in [0.05, 0.1) is 10.7 Å². The lowest BCUT2D eigenvalue weighted by Crippen LogP contribution is -2.38. The van der Waals surface area contributed by atoms with Gasteiger partial charge in [-0.15, -0.1) is 0 Å². The lowest BCUT2D eigenvalue weighted by molar-refractivity contribution is -0.139. The molecule has 226 valence electrons. The number of carbonyl (C=O) groups excluding carboxylic acids is 1. The number of alkyl halides is 2. The van der Waals surface area contributed by atoms with E-state index >= 15 is 0 Å². The van der Waals surface area contributed by atoms with Gasteiger partial charge in [-0.05, 0) is 55.7 Å². The standard InChI is InChI=1S/C19H19F2N3O2.C8H8ClNO.C3H6F2/c1-22-17-8-15(21)14(20)6-12(17)10-24-18(19(25)26)7-11-9-23-16-5-3-2-4-13(11)16;1-6-3-2-4-7(9)8(6)10-5-11;1-3(2,4)5/h2-6,8-9,18,22-24H,7,10H2,1H3,(H,25,26);2-5H,1H3,(H,10,11);1-2H3/t18-;;/m0../s1. The zero-order chi connectivity index (χ0) is 31.4. The number of fused-ring (bicyclic) bond motifs is 1. The number of nitrogens with one attached hydrogen (secondary N) is 4. The van der Waals surface area contributed by atoms with E-state index < -0.39 is 29.6 Å². The van der Waals surface area contributed by atoms with Crippen molar-refractivity contribution >= 4 is 46.3 Å². The van der Waals surface area contributed by atoms with Gasteiger partial charge in [-0.25, -0.2) is 17.6 Å². The number of aromatic amines is 1. The van der Waals surface area contributed by atoms with Crippen LogP contribution in [0.4, 0.5) is 28.9 Å². The third-order valence-corrected chi connectivity index (χ3v) is 6.09. The molecule has 0 saturated heterocycles. The average Bonchev–Trinajstić information content (AvgIpc) is 3.32. The van der Waals surface area contributed by atoms with Crippen LogP contribution in [-0.2, 0) is 22.6 Å². The van der Waals surface area contributed by atoms with Crippen LogP contribution >= 0.6 is 11.6 Å². The Hall–Kier alpha value is -4.09. The molecule has 1 amide bonds. The molecule has 0 aliphatic rings.